The Balaban J connectivity index is 4.21. The Kier molecular flexibility index (Phi) is 7.58. The fourth-order valence-electron chi connectivity index (χ4n) is 0.900. The molecule has 0 radical (unpaired) electrons. The predicted octanol–water partition coefficient (Wildman–Crippen LogP) is 1.99. The van der Waals surface area contributed by atoms with Gasteiger partial charge in [0.05, 0.1) is 32.8 Å². The van der Waals surface area contributed by atoms with Gasteiger partial charge in [-0.15, -0.1) is 0 Å². The van der Waals surface area contributed by atoms with E-state index in [2.05, 4.69) is 4.74 Å². The van der Waals surface area contributed by atoms with Crippen molar-refractivity contribution in [2.45, 2.75) is 20.8 Å². The average molecular weight is 254 g/mol. The molecule has 0 N–H and O–H groups in total. The topological polar surface area (TPSA) is 71.1 Å². The number of carbonyl (C=O) groups excluding carboxylic acids is 1. The third-order valence-electron chi connectivity index (χ3n) is 1.66. The van der Waals surface area contributed by atoms with Crippen LogP contribution in [0.2, 0.25) is 0 Å². The van der Waals surface area contributed by atoms with Crippen LogP contribution in [0.4, 0.5) is 0 Å². The van der Waals surface area contributed by atoms with Crippen LogP contribution in [0.25, 0.3) is 0 Å². The Morgan fingerprint density at radius 2 is 1.69 bits per heavy atom. The van der Waals surface area contributed by atoms with Crippen LogP contribution in [0.3, 0.4) is 0 Å². The van der Waals surface area contributed by atoms with Crippen molar-refractivity contribution in [3.05, 3.63) is 0 Å². The Morgan fingerprint density at radius 1 is 1.19 bits per heavy atom. The van der Waals surface area contributed by atoms with Crippen molar-refractivity contribution >= 4 is 13.8 Å². The maximum absolute atomic E-state index is 11.8. The Hall–Kier alpha value is -0.420. The normalized spacial score (nSPS) is 13.5. The zero-order valence-corrected chi connectivity index (χ0v) is 11.0. The molecule has 0 heterocycles. The van der Waals surface area contributed by atoms with E-state index >= 15 is 0 Å². The van der Waals surface area contributed by atoms with Gasteiger partial charge in [-0.2, -0.15) is 0 Å². The number of carbonyl (C=O) groups is 1. The lowest BCUT2D eigenvalue weighted by molar-refractivity contribution is -0.145. The van der Waals surface area contributed by atoms with Gasteiger partial charge in [0.25, 0.3) is 0 Å². The molecule has 0 rings (SSSR count). The minimum Gasteiger partial charge on any atom is -0.469 e. The van der Waals surface area contributed by atoms with Crippen molar-refractivity contribution < 1.29 is 27.7 Å². The highest BCUT2D eigenvalue weighted by molar-refractivity contribution is 7.48. The molecule has 1 unspecified atom stereocenters. The van der Waals surface area contributed by atoms with Crippen molar-refractivity contribution in [3.63, 3.8) is 0 Å². The standard InChI is InChI=1S/C9H19O6P/c1-5-13-16(11,14-6-2)15-7-8(3)9(10)12-4/h8H,5-7H2,1-4H3. The van der Waals surface area contributed by atoms with Crippen molar-refractivity contribution in [2.24, 2.45) is 5.92 Å². The molecule has 6 nitrogen and oxygen atoms in total. The summed E-state index contributed by atoms with van der Waals surface area (Å²) in [6, 6.07) is 0. The van der Waals surface area contributed by atoms with Gasteiger partial charge in [0.15, 0.2) is 0 Å². The van der Waals surface area contributed by atoms with E-state index in [0.717, 1.165) is 0 Å². The summed E-state index contributed by atoms with van der Waals surface area (Å²) in [5.74, 6) is -0.946. The number of esters is 1. The summed E-state index contributed by atoms with van der Waals surface area (Å²) in [6.45, 7) is 5.32. The van der Waals surface area contributed by atoms with E-state index in [1.807, 2.05) is 0 Å². The zero-order chi connectivity index (χ0) is 12.6. The number of ether oxygens (including phenoxy) is 1. The first-order valence-corrected chi connectivity index (χ1v) is 6.56. The summed E-state index contributed by atoms with van der Waals surface area (Å²) >= 11 is 0. The highest BCUT2D eigenvalue weighted by Crippen LogP contribution is 2.49. The van der Waals surface area contributed by atoms with E-state index in [1.54, 1.807) is 20.8 Å². The van der Waals surface area contributed by atoms with Gasteiger partial charge >= 0.3 is 13.8 Å². The molecule has 0 aromatic heterocycles. The van der Waals surface area contributed by atoms with Gasteiger partial charge in [-0.1, -0.05) is 0 Å². The van der Waals surface area contributed by atoms with Crippen molar-refractivity contribution in [3.8, 4) is 0 Å². The summed E-state index contributed by atoms with van der Waals surface area (Å²) < 4.78 is 31.1. The zero-order valence-electron chi connectivity index (χ0n) is 10.1. The SMILES string of the molecule is CCOP(=O)(OCC)OCC(C)C(=O)OC. The second-order valence-electron chi connectivity index (χ2n) is 3.00. The van der Waals surface area contributed by atoms with Gasteiger partial charge in [0.2, 0.25) is 0 Å². The average Bonchev–Trinajstić information content (AvgIpc) is 2.25. The lowest BCUT2D eigenvalue weighted by Crippen LogP contribution is -2.18. The quantitative estimate of drug-likeness (QED) is 0.487. The van der Waals surface area contributed by atoms with Crippen LogP contribution in [0, 0.1) is 5.92 Å². The predicted molar refractivity (Wildman–Crippen MR) is 58.0 cm³/mol. The van der Waals surface area contributed by atoms with Gasteiger partial charge in [-0.25, -0.2) is 4.57 Å². The molecule has 0 bridgehead atoms. The number of hydrogen-bond acceptors (Lipinski definition) is 6. The molecule has 0 aliphatic rings. The molecule has 16 heavy (non-hydrogen) atoms. The van der Waals surface area contributed by atoms with Crippen LogP contribution in [0.1, 0.15) is 20.8 Å². The smallest absolute Gasteiger partial charge is 0.469 e. The van der Waals surface area contributed by atoms with Crippen LogP contribution in [0.15, 0.2) is 0 Å². The third kappa shape index (κ3) is 5.61. The number of hydrogen-bond donors (Lipinski definition) is 0. The number of phosphoric acid groups is 1. The molecule has 0 aromatic carbocycles. The molecule has 7 heteroatoms. The summed E-state index contributed by atoms with van der Waals surface area (Å²) in [5, 5.41) is 0. The van der Waals surface area contributed by atoms with Crippen LogP contribution in [-0.2, 0) is 27.7 Å². The summed E-state index contributed by atoms with van der Waals surface area (Å²) in [7, 11) is -2.25. The Morgan fingerprint density at radius 3 is 2.06 bits per heavy atom. The molecule has 0 aliphatic heterocycles. The van der Waals surface area contributed by atoms with Gasteiger partial charge in [-0.05, 0) is 20.8 Å². The molecule has 0 aliphatic carbocycles. The highest BCUT2D eigenvalue weighted by Gasteiger charge is 2.27. The fourth-order valence-corrected chi connectivity index (χ4v) is 2.16. The number of phosphoric ester groups is 1. The molecule has 0 spiro atoms. The maximum Gasteiger partial charge on any atom is 0.474 e. The lowest BCUT2D eigenvalue weighted by Gasteiger charge is -2.17. The number of rotatable bonds is 8. The van der Waals surface area contributed by atoms with Gasteiger partial charge < -0.3 is 4.74 Å². The maximum atomic E-state index is 11.8. The largest absolute Gasteiger partial charge is 0.474 e. The summed E-state index contributed by atoms with van der Waals surface area (Å²) in [4.78, 5) is 11.1. The molecule has 96 valence electrons. The van der Waals surface area contributed by atoms with E-state index in [9.17, 15) is 9.36 Å². The van der Waals surface area contributed by atoms with Crippen LogP contribution >= 0.6 is 7.82 Å². The number of methoxy groups -OCH3 is 1. The van der Waals surface area contributed by atoms with Crippen molar-refractivity contribution in [1.82, 2.24) is 0 Å². The monoisotopic (exact) mass is 254 g/mol. The fraction of sp³-hybridized carbons (Fsp3) is 0.889. The van der Waals surface area contributed by atoms with Crippen LogP contribution in [0.5, 0.6) is 0 Å². The molecule has 0 fully saturated rings. The molecule has 0 saturated carbocycles. The second-order valence-corrected chi connectivity index (χ2v) is 4.67. The summed E-state index contributed by atoms with van der Waals surface area (Å²) in [5.41, 5.74) is 0. The van der Waals surface area contributed by atoms with E-state index < -0.39 is 19.7 Å². The van der Waals surface area contributed by atoms with E-state index in [0.29, 0.717) is 0 Å². The molecule has 1 atom stereocenters. The van der Waals surface area contributed by atoms with Crippen molar-refractivity contribution in [1.29, 1.82) is 0 Å². The van der Waals surface area contributed by atoms with Crippen molar-refractivity contribution in [2.75, 3.05) is 26.9 Å². The first-order chi connectivity index (χ1) is 7.49. The molecule has 0 amide bonds. The minimum absolute atomic E-state index is 0.0655. The summed E-state index contributed by atoms with van der Waals surface area (Å²) in [6.07, 6.45) is 0. The van der Waals surface area contributed by atoms with Crippen LogP contribution < -0.4 is 0 Å². The molecule has 0 aromatic rings. The van der Waals surface area contributed by atoms with E-state index in [1.165, 1.54) is 7.11 Å². The molecule has 0 saturated heterocycles. The first-order valence-electron chi connectivity index (χ1n) is 5.10. The van der Waals surface area contributed by atoms with E-state index in [4.69, 9.17) is 13.6 Å². The second kappa shape index (κ2) is 7.79. The third-order valence-corrected chi connectivity index (χ3v) is 3.27. The van der Waals surface area contributed by atoms with E-state index in [-0.39, 0.29) is 19.8 Å². The van der Waals surface area contributed by atoms with Gasteiger partial charge in [0.1, 0.15) is 0 Å². The Bertz CT molecular complexity index is 244. The first kappa shape index (κ1) is 15.6. The minimum atomic E-state index is -3.53. The van der Waals surface area contributed by atoms with Crippen LogP contribution in [-0.4, -0.2) is 32.9 Å². The van der Waals surface area contributed by atoms with Gasteiger partial charge in [-0.3, -0.25) is 18.4 Å². The van der Waals surface area contributed by atoms with Gasteiger partial charge in [0, 0.05) is 0 Å². The molecular formula is C9H19O6P. The lowest BCUT2D eigenvalue weighted by atomic mass is 10.2. The highest BCUT2D eigenvalue weighted by atomic mass is 31.2. The molecular weight excluding hydrogens is 235 g/mol. The Labute approximate surface area is 95.8 Å².